The van der Waals surface area contributed by atoms with Crippen LogP contribution < -0.4 is 9.80 Å². The van der Waals surface area contributed by atoms with Crippen LogP contribution in [0.5, 0.6) is 0 Å². The van der Waals surface area contributed by atoms with Crippen molar-refractivity contribution in [2.75, 3.05) is 45.9 Å². The van der Waals surface area contributed by atoms with Crippen LogP contribution in [0.3, 0.4) is 0 Å². The normalized spacial score (nSPS) is 17.4. The van der Waals surface area contributed by atoms with Gasteiger partial charge in [-0.05, 0) is 42.5 Å². The fourth-order valence-corrected chi connectivity index (χ4v) is 4.35. The molecule has 2 aromatic rings. The number of ether oxygens (including phenoxy) is 1. The molecule has 30 heavy (non-hydrogen) atoms. The number of hydrogen-bond acceptors (Lipinski definition) is 2. The first-order valence-electron chi connectivity index (χ1n) is 11.6. The average molecular weight is 416 g/mol. The Morgan fingerprint density at radius 2 is 1.90 bits per heavy atom. The minimum Gasteiger partial charge on any atom is -0.382 e. The second-order valence-corrected chi connectivity index (χ2v) is 9.34. The van der Waals surface area contributed by atoms with Crippen LogP contribution in [0.25, 0.3) is 0 Å². The number of aliphatic hydroxyl groups is 1. The molecule has 1 aromatic carbocycles. The third kappa shape index (κ3) is 7.24. The molecule has 0 spiro atoms. The monoisotopic (exact) mass is 415 g/mol. The van der Waals surface area contributed by atoms with E-state index in [0.717, 1.165) is 59.0 Å². The molecule has 0 radical (unpaired) electrons. The summed E-state index contributed by atoms with van der Waals surface area (Å²) in [5.41, 5.74) is 4.06. The Balaban J connectivity index is 1.63. The molecule has 166 valence electrons. The van der Waals surface area contributed by atoms with Crippen LogP contribution in [0.2, 0.25) is 0 Å². The number of aliphatic hydroxyl groups excluding tert-OH is 1. The van der Waals surface area contributed by atoms with Crippen molar-refractivity contribution in [3.8, 4) is 0 Å². The van der Waals surface area contributed by atoms with Crippen LogP contribution in [0, 0.1) is 12.8 Å². The highest BCUT2D eigenvalue weighted by Crippen LogP contribution is 2.11. The molecule has 1 aliphatic heterocycles. The predicted molar refractivity (Wildman–Crippen MR) is 121 cm³/mol. The van der Waals surface area contributed by atoms with Gasteiger partial charge in [0.15, 0.2) is 6.10 Å². The van der Waals surface area contributed by atoms with Crippen LogP contribution in [0.4, 0.5) is 0 Å². The van der Waals surface area contributed by atoms with Gasteiger partial charge in [-0.1, -0.05) is 38.1 Å². The van der Waals surface area contributed by atoms with Crippen molar-refractivity contribution in [3.63, 3.8) is 0 Å². The van der Waals surface area contributed by atoms with E-state index in [4.69, 9.17) is 4.74 Å². The molecule has 2 atom stereocenters. The molecule has 5 nitrogen and oxygen atoms in total. The molecule has 0 saturated carbocycles. The Labute approximate surface area is 182 Å². The van der Waals surface area contributed by atoms with Gasteiger partial charge in [0.25, 0.3) is 0 Å². The molecule has 3 rings (SSSR count). The standard InChI is InChI=1S/C25H39N3O2/c1-21(2)10-12-27(20-25(29)19-26-13-15-30-16-14-26)18-24-9-6-11-28(24)17-23-8-5-4-7-22(23)3/h4-9,11,21,25,29H,10,12-20H2,1-3H3/p+2/t25-/m0/s1. The van der Waals surface area contributed by atoms with E-state index < -0.39 is 0 Å². The summed E-state index contributed by atoms with van der Waals surface area (Å²) in [6.45, 7) is 15.0. The van der Waals surface area contributed by atoms with Gasteiger partial charge in [0.1, 0.15) is 32.7 Å². The number of rotatable bonds is 11. The lowest BCUT2D eigenvalue weighted by Gasteiger charge is -2.28. The van der Waals surface area contributed by atoms with Gasteiger partial charge in [-0.3, -0.25) is 0 Å². The Morgan fingerprint density at radius 1 is 1.13 bits per heavy atom. The zero-order chi connectivity index (χ0) is 21.3. The summed E-state index contributed by atoms with van der Waals surface area (Å²) in [6, 6.07) is 13.0. The molecule has 0 bridgehead atoms. The van der Waals surface area contributed by atoms with Crippen molar-refractivity contribution in [2.45, 2.75) is 46.4 Å². The van der Waals surface area contributed by atoms with E-state index in [0.29, 0.717) is 5.92 Å². The van der Waals surface area contributed by atoms with Crippen LogP contribution in [-0.2, 0) is 17.8 Å². The van der Waals surface area contributed by atoms with Gasteiger partial charge in [-0.2, -0.15) is 0 Å². The van der Waals surface area contributed by atoms with Gasteiger partial charge < -0.3 is 24.2 Å². The minimum absolute atomic E-state index is 0.264. The number of aryl methyl sites for hydroxylation is 1. The topological polar surface area (TPSA) is 43.3 Å². The summed E-state index contributed by atoms with van der Waals surface area (Å²) < 4.78 is 7.83. The fourth-order valence-electron chi connectivity index (χ4n) is 4.35. The van der Waals surface area contributed by atoms with Crippen molar-refractivity contribution in [1.82, 2.24) is 4.57 Å². The van der Waals surface area contributed by atoms with E-state index in [2.05, 4.69) is 67.9 Å². The SMILES string of the molecule is Cc1ccccc1Cn1cccc1C[NH+](CCC(C)C)C[C@@H](O)C[NH+]1CCOCC1. The van der Waals surface area contributed by atoms with Crippen LogP contribution >= 0.6 is 0 Å². The quantitative estimate of drug-likeness (QED) is 0.502. The van der Waals surface area contributed by atoms with Gasteiger partial charge in [0.05, 0.1) is 25.5 Å². The molecule has 2 heterocycles. The lowest BCUT2D eigenvalue weighted by atomic mass is 10.1. The summed E-state index contributed by atoms with van der Waals surface area (Å²) in [6.07, 6.45) is 3.11. The first kappa shape index (κ1) is 23.0. The lowest BCUT2D eigenvalue weighted by Crippen LogP contribution is -3.17. The smallest absolute Gasteiger partial charge is 0.152 e. The molecular weight excluding hydrogens is 374 g/mol. The number of morpholine rings is 1. The maximum Gasteiger partial charge on any atom is 0.152 e. The summed E-state index contributed by atoms with van der Waals surface area (Å²) >= 11 is 0. The highest BCUT2D eigenvalue weighted by atomic mass is 16.5. The van der Waals surface area contributed by atoms with Gasteiger partial charge in [-0.25, -0.2) is 0 Å². The number of benzene rings is 1. The molecule has 1 fully saturated rings. The fraction of sp³-hybridized carbons (Fsp3) is 0.600. The van der Waals surface area contributed by atoms with Crippen LogP contribution in [-0.4, -0.2) is 61.7 Å². The maximum absolute atomic E-state index is 10.8. The van der Waals surface area contributed by atoms with Gasteiger partial charge >= 0.3 is 0 Å². The van der Waals surface area contributed by atoms with Gasteiger partial charge in [-0.15, -0.1) is 0 Å². The Bertz CT molecular complexity index is 752. The summed E-state index contributed by atoms with van der Waals surface area (Å²) in [5, 5.41) is 10.8. The number of nitrogens with one attached hydrogen (secondary N) is 2. The van der Waals surface area contributed by atoms with E-state index in [9.17, 15) is 5.11 Å². The van der Waals surface area contributed by atoms with Crippen molar-refractivity contribution < 1.29 is 19.6 Å². The zero-order valence-electron chi connectivity index (χ0n) is 19.1. The molecule has 1 unspecified atom stereocenters. The minimum atomic E-state index is -0.264. The number of quaternary nitrogens is 2. The Hall–Kier alpha value is -1.66. The highest BCUT2D eigenvalue weighted by molar-refractivity contribution is 5.26. The third-order valence-electron chi connectivity index (χ3n) is 6.28. The summed E-state index contributed by atoms with van der Waals surface area (Å²) in [5.74, 6) is 0.681. The molecule has 1 saturated heterocycles. The molecule has 0 amide bonds. The summed E-state index contributed by atoms with van der Waals surface area (Å²) in [4.78, 5) is 2.95. The summed E-state index contributed by atoms with van der Waals surface area (Å²) in [7, 11) is 0. The Kier molecular flexibility index (Phi) is 8.94. The van der Waals surface area contributed by atoms with E-state index >= 15 is 0 Å². The largest absolute Gasteiger partial charge is 0.382 e. The molecule has 3 N–H and O–H groups in total. The molecule has 1 aliphatic rings. The van der Waals surface area contributed by atoms with Crippen molar-refractivity contribution in [3.05, 3.63) is 59.4 Å². The number of aromatic nitrogens is 1. The molecular formula is C25H41N3O2+2. The average Bonchev–Trinajstić information content (AvgIpc) is 3.15. The van der Waals surface area contributed by atoms with E-state index in [1.165, 1.54) is 33.0 Å². The van der Waals surface area contributed by atoms with Crippen molar-refractivity contribution in [1.29, 1.82) is 0 Å². The first-order valence-corrected chi connectivity index (χ1v) is 11.6. The van der Waals surface area contributed by atoms with Crippen molar-refractivity contribution in [2.24, 2.45) is 5.92 Å². The number of hydrogen-bond donors (Lipinski definition) is 3. The maximum atomic E-state index is 10.8. The second-order valence-electron chi connectivity index (χ2n) is 9.34. The van der Waals surface area contributed by atoms with Crippen LogP contribution in [0.15, 0.2) is 42.6 Å². The molecule has 0 aliphatic carbocycles. The molecule has 1 aromatic heterocycles. The van der Waals surface area contributed by atoms with E-state index in [1.807, 2.05) is 0 Å². The van der Waals surface area contributed by atoms with E-state index in [-0.39, 0.29) is 6.10 Å². The lowest BCUT2D eigenvalue weighted by molar-refractivity contribution is -0.936. The van der Waals surface area contributed by atoms with Gasteiger partial charge in [0, 0.05) is 12.7 Å². The predicted octanol–water partition coefficient (Wildman–Crippen LogP) is 0.552. The van der Waals surface area contributed by atoms with E-state index in [1.54, 1.807) is 0 Å². The Morgan fingerprint density at radius 3 is 2.63 bits per heavy atom. The second kappa shape index (κ2) is 11.7. The third-order valence-corrected chi connectivity index (χ3v) is 6.28. The zero-order valence-corrected chi connectivity index (χ0v) is 19.1. The highest BCUT2D eigenvalue weighted by Gasteiger charge is 2.23. The first-order chi connectivity index (χ1) is 14.5. The van der Waals surface area contributed by atoms with Crippen LogP contribution in [0.1, 0.15) is 37.1 Å². The number of nitrogens with zero attached hydrogens (tertiary/aromatic N) is 1. The van der Waals surface area contributed by atoms with Crippen molar-refractivity contribution >= 4 is 0 Å². The van der Waals surface area contributed by atoms with Gasteiger partial charge in [0.2, 0.25) is 0 Å². The molecule has 5 heteroatoms.